The van der Waals surface area contributed by atoms with Crippen molar-refractivity contribution in [3.8, 4) is 22.6 Å². The number of carbonyl (C=O) groups is 1. The van der Waals surface area contributed by atoms with Crippen LogP contribution in [0.15, 0.2) is 72.3 Å². The van der Waals surface area contributed by atoms with Crippen LogP contribution in [0.5, 0.6) is 11.5 Å². The molecule has 2 N–H and O–H groups in total. The lowest BCUT2D eigenvalue weighted by Crippen LogP contribution is -2.30. The Kier molecular flexibility index (Phi) is 6.74. The van der Waals surface area contributed by atoms with Gasteiger partial charge in [-0.05, 0) is 68.9 Å². The van der Waals surface area contributed by atoms with E-state index in [2.05, 4.69) is 48.5 Å². The number of nitrogens with two attached hydrogens (primary N) is 1. The molecule has 0 bridgehead atoms. The molecule has 1 aliphatic carbocycles. The van der Waals surface area contributed by atoms with E-state index in [1.165, 1.54) is 11.1 Å². The second-order valence-corrected chi connectivity index (χ2v) is 9.53. The minimum absolute atomic E-state index is 0.0363. The van der Waals surface area contributed by atoms with Gasteiger partial charge in [-0.3, -0.25) is 4.79 Å². The third-order valence-corrected chi connectivity index (χ3v) is 7.30. The molecule has 0 aromatic heterocycles. The summed E-state index contributed by atoms with van der Waals surface area (Å²) in [6.07, 6.45) is 5.31. The van der Waals surface area contributed by atoms with Gasteiger partial charge in [-0.2, -0.15) is 0 Å². The molecule has 35 heavy (non-hydrogen) atoms. The van der Waals surface area contributed by atoms with E-state index in [1.54, 1.807) is 0 Å². The fraction of sp³-hybridized carbons (Fsp3) is 0.323. The van der Waals surface area contributed by atoms with Crippen LogP contribution in [0.25, 0.3) is 16.7 Å². The molecular weight excluding hydrogens is 432 g/mol. The number of benzene rings is 3. The maximum Gasteiger partial charge on any atom is 0.253 e. The summed E-state index contributed by atoms with van der Waals surface area (Å²) in [5, 5.41) is 0. The predicted octanol–water partition coefficient (Wildman–Crippen LogP) is 7.03. The van der Waals surface area contributed by atoms with Gasteiger partial charge in [0.05, 0.1) is 0 Å². The van der Waals surface area contributed by atoms with E-state index in [0.29, 0.717) is 18.7 Å². The maximum atomic E-state index is 13.1. The van der Waals surface area contributed by atoms with Gasteiger partial charge in [0.25, 0.3) is 5.91 Å². The van der Waals surface area contributed by atoms with Crippen molar-refractivity contribution < 1.29 is 9.53 Å². The third kappa shape index (κ3) is 4.51. The van der Waals surface area contributed by atoms with Crippen molar-refractivity contribution in [2.75, 3.05) is 13.1 Å². The minimum Gasteiger partial charge on any atom is -0.455 e. The molecule has 4 nitrogen and oxygen atoms in total. The predicted molar refractivity (Wildman–Crippen MR) is 143 cm³/mol. The number of carbonyl (C=O) groups excluding carboxylic acids is 1. The highest BCUT2D eigenvalue weighted by Gasteiger charge is 2.29. The van der Waals surface area contributed by atoms with E-state index in [0.717, 1.165) is 65.9 Å². The highest BCUT2D eigenvalue weighted by Crippen LogP contribution is 2.50. The Morgan fingerprint density at radius 2 is 1.71 bits per heavy atom. The van der Waals surface area contributed by atoms with Crippen LogP contribution < -0.4 is 10.5 Å². The number of para-hydroxylation sites is 1. The van der Waals surface area contributed by atoms with E-state index in [-0.39, 0.29) is 11.9 Å². The van der Waals surface area contributed by atoms with Crippen LogP contribution >= 0.6 is 0 Å². The van der Waals surface area contributed by atoms with E-state index in [9.17, 15) is 4.79 Å². The molecule has 0 saturated heterocycles. The Hall–Kier alpha value is -3.37. The van der Waals surface area contributed by atoms with E-state index in [1.807, 2.05) is 36.9 Å². The Morgan fingerprint density at radius 1 is 0.943 bits per heavy atom. The largest absolute Gasteiger partial charge is 0.455 e. The molecular formula is C31H34N2O2. The van der Waals surface area contributed by atoms with Gasteiger partial charge in [0.15, 0.2) is 0 Å². The first-order valence-corrected chi connectivity index (χ1v) is 12.9. The highest BCUT2D eigenvalue weighted by molar-refractivity contribution is 5.98. The fourth-order valence-corrected chi connectivity index (χ4v) is 5.46. The van der Waals surface area contributed by atoms with E-state index >= 15 is 0 Å². The van der Waals surface area contributed by atoms with Gasteiger partial charge in [-0.25, -0.2) is 0 Å². The Labute approximate surface area is 208 Å². The minimum atomic E-state index is 0.0363. The fourth-order valence-electron chi connectivity index (χ4n) is 5.46. The van der Waals surface area contributed by atoms with Crippen molar-refractivity contribution in [2.45, 2.75) is 52.0 Å². The van der Waals surface area contributed by atoms with Crippen molar-refractivity contribution in [1.82, 2.24) is 4.90 Å². The van der Waals surface area contributed by atoms with Crippen LogP contribution in [-0.4, -0.2) is 29.9 Å². The molecule has 1 saturated carbocycles. The summed E-state index contributed by atoms with van der Waals surface area (Å²) in [4.78, 5) is 15.0. The summed E-state index contributed by atoms with van der Waals surface area (Å²) in [6, 6.07) is 22.9. The van der Waals surface area contributed by atoms with Crippen molar-refractivity contribution in [3.63, 3.8) is 0 Å². The average molecular weight is 467 g/mol. The Balaban J connectivity index is 1.71. The van der Waals surface area contributed by atoms with Crippen molar-refractivity contribution in [2.24, 2.45) is 5.73 Å². The first-order valence-electron chi connectivity index (χ1n) is 12.9. The number of rotatable bonds is 4. The monoisotopic (exact) mass is 466 g/mol. The molecule has 0 radical (unpaired) electrons. The van der Waals surface area contributed by atoms with Gasteiger partial charge >= 0.3 is 0 Å². The number of nitrogens with zero attached hydrogens (tertiary/aromatic N) is 1. The summed E-state index contributed by atoms with van der Waals surface area (Å²) in [6.45, 7) is 5.38. The third-order valence-electron chi connectivity index (χ3n) is 7.30. The zero-order valence-electron chi connectivity index (χ0n) is 20.7. The summed E-state index contributed by atoms with van der Waals surface area (Å²) in [5.41, 5.74) is 14.1. The van der Waals surface area contributed by atoms with E-state index < -0.39 is 0 Å². The van der Waals surface area contributed by atoms with Crippen molar-refractivity contribution in [1.29, 1.82) is 0 Å². The molecule has 1 unspecified atom stereocenters. The molecule has 1 fully saturated rings. The molecule has 4 heteroatoms. The Morgan fingerprint density at radius 3 is 2.49 bits per heavy atom. The van der Waals surface area contributed by atoms with Crippen LogP contribution in [0, 0.1) is 0 Å². The van der Waals surface area contributed by atoms with Crippen LogP contribution in [0.3, 0.4) is 0 Å². The number of hydrogen-bond donors (Lipinski definition) is 1. The molecule has 1 atom stereocenters. The van der Waals surface area contributed by atoms with Gasteiger partial charge in [0.2, 0.25) is 0 Å². The van der Waals surface area contributed by atoms with Gasteiger partial charge < -0.3 is 15.4 Å². The lowest BCUT2D eigenvalue weighted by atomic mass is 9.84. The number of hydrogen-bond acceptors (Lipinski definition) is 3. The van der Waals surface area contributed by atoms with Crippen LogP contribution in [0.4, 0.5) is 0 Å². The summed E-state index contributed by atoms with van der Waals surface area (Å²) < 4.78 is 6.64. The normalized spacial score (nSPS) is 19.2. The molecule has 2 aliphatic rings. The summed E-state index contributed by atoms with van der Waals surface area (Å²) >= 11 is 0. The number of ether oxygens (including phenoxy) is 1. The Bertz CT molecular complexity index is 1260. The topological polar surface area (TPSA) is 55.6 Å². The summed E-state index contributed by atoms with van der Waals surface area (Å²) in [7, 11) is 0. The first-order chi connectivity index (χ1) is 17.1. The zero-order chi connectivity index (χ0) is 24.4. The molecule has 5 rings (SSSR count). The highest BCUT2D eigenvalue weighted by atomic mass is 16.5. The van der Waals surface area contributed by atoms with Crippen molar-refractivity contribution in [3.05, 3.63) is 89.0 Å². The van der Waals surface area contributed by atoms with Gasteiger partial charge in [0, 0.05) is 41.4 Å². The lowest BCUT2D eigenvalue weighted by Gasteiger charge is -2.28. The first kappa shape index (κ1) is 23.4. The van der Waals surface area contributed by atoms with Crippen molar-refractivity contribution >= 4 is 11.5 Å². The van der Waals surface area contributed by atoms with E-state index in [4.69, 9.17) is 10.5 Å². The SMILES string of the molecule is CCN(CC)C(=O)c1ccc2c(c1)Oc1c(cccc1-c1ccccc1)/C2=C1/CCCCC(N)C1. The molecule has 180 valence electrons. The van der Waals surface area contributed by atoms with Gasteiger partial charge in [-0.15, -0.1) is 0 Å². The van der Waals surface area contributed by atoms with Gasteiger partial charge in [-0.1, -0.05) is 60.5 Å². The van der Waals surface area contributed by atoms with Crippen LogP contribution in [-0.2, 0) is 0 Å². The molecule has 3 aromatic carbocycles. The van der Waals surface area contributed by atoms with Crippen LogP contribution in [0.2, 0.25) is 0 Å². The molecule has 1 aliphatic heterocycles. The number of fused-ring (bicyclic) bond motifs is 2. The molecule has 1 amide bonds. The van der Waals surface area contributed by atoms with Gasteiger partial charge in [0.1, 0.15) is 11.5 Å². The number of amides is 1. The lowest BCUT2D eigenvalue weighted by molar-refractivity contribution is 0.0772. The van der Waals surface area contributed by atoms with Crippen LogP contribution in [0.1, 0.15) is 67.4 Å². The summed E-state index contributed by atoms with van der Waals surface area (Å²) in [5.74, 6) is 1.65. The molecule has 3 aromatic rings. The average Bonchev–Trinajstić information content (AvgIpc) is 3.11. The second-order valence-electron chi connectivity index (χ2n) is 9.53. The zero-order valence-corrected chi connectivity index (χ0v) is 20.7. The molecule has 0 spiro atoms. The second kappa shape index (κ2) is 10.1. The smallest absolute Gasteiger partial charge is 0.253 e. The molecule has 1 heterocycles. The quantitative estimate of drug-likeness (QED) is 0.328. The standard InChI is InChI=1S/C31H34N2O2/c1-3-33(4-2)31(34)23-17-18-26-28(20-23)35-30-25(21-11-6-5-7-12-21)15-10-16-27(30)29(26)22-13-8-9-14-24(32)19-22/h5-7,10-12,15-18,20,24H,3-4,8-9,13-14,19,32H2,1-2H3/b29-22-. The maximum absolute atomic E-state index is 13.1.